The molecule has 1 saturated carbocycles. The van der Waals surface area contributed by atoms with E-state index in [-0.39, 0.29) is 23.7 Å². The number of amides is 1. The number of carbonyl (C=O) groups is 1. The van der Waals surface area contributed by atoms with E-state index in [1.807, 2.05) is 24.3 Å². The van der Waals surface area contributed by atoms with Gasteiger partial charge in [0.15, 0.2) is 0 Å². The Morgan fingerprint density at radius 3 is 2.71 bits per heavy atom. The second kappa shape index (κ2) is 8.72. The predicted octanol–water partition coefficient (Wildman–Crippen LogP) is 3.55. The van der Waals surface area contributed by atoms with Crippen LogP contribution in [0.5, 0.6) is 5.75 Å². The molecule has 2 aliphatic rings. The van der Waals surface area contributed by atoms with Gasteiger partial charge in [0, 0.05) is 12.1 Å². The second-order valence-electron chi connectivity index (χ2n) is 7.30. The number of halogens is 1. The van der Waals surface area contributed by atoms with Gasteiger partial charge in [-0.15, -0.1) is 12.4 Å². The fourth-order valence-corrected chi connectivity index (χ4v) is 3.51. The third-order valence-corrected chi connectivity index (χ3v) is 5.19. The highest BCUT2D eigenvalue weighted by atomic mass is 35.5. The van der Waals surface area contributed by atoms with Gasteiger partial charge in [-0.05, 0) is 75.2 Å². The standard InChI is InChI=1S/C19H28N2O2.ClH/c1-19(9-11-20-12-10-19)14-21-18(22)15-5-4-8-17(13-15)23-16-6-2-3-7-16;/h4-5,8,13,16,20H,2-3,6-7,9-12,14H2,1H3,(H,21,22);1H. The molecule has 4 nitrogen and oxygen atoms in total. The first kappa shape index (κ1) is 19.1. The number of hydrogen-bond donors (Lipinski definition) is 2. The Morgan fingerprint density at radius 2 is 2.00 bits per heavy atom. The first-order valence-corrected chi connectivity index (χ1v) is 8.90. The first-order chi connectivity index (χ1) is 11.1. The summed E-state index contributed by atoms with van der Waals surface area (Å²) < 4.78 is 5.99. The van der Waals surface area contributed by atoms with Gasteiger partial charge in [0.2, 0.25) is 0 Å². The van der Waals surface area contributed by atoms with Crippen LogP contribution in [-0.4, -0.2) is 31.6 Å². The van der Waals surface area contributed by atoms with Gasteiger partial charge in [0.05, 0.1) is 6.10 Å². The summed E-state index contributed by atoms with van der Waals surface area (Å²) in [6.45, 7) is 5.07. The summed E-state index contributed by atoms with van der Waals surface area (Å²) in [5.41, 5.74) is 0.900. The molecule has 1 aromatic carbocycles. The molecule has 2 fully saturated rings. The predicted molar refractivity (Wildman–Crippen MR) is 99.1 cm³/mol. The smallest absolute Gasteiger partial charge is 0.251 e. The molecule has 1 aromatic rings. The Morgan fingerprint density at radius 1 is 1.29 bits per heavy atom. The molecular weight excluding hydrogens is 324 g/mol. The van der Waals surface area contributed by atoms with Crippen molar-refractivity contribution in [2.75, 3.05) is 19.6 Å². The Labute approximate surface area is 151 Å². The van der Waals surface area contributed by atoms with Gasteiger partial charge in [-0.2, -0.15) is 0 Å². The van der Waals surface area contributed by atoms with E-state index in [1.165, 1.54) is 12.8 Å². The number of carbonyl (C=O) groups excluding carboxylic acids is 1. The number of ether oxygens (including phenoxy) is 1. The molecule has 0 bridgehead atoms. The van der Waals surface area contributed by atoms with E-state index in [0.717, 1.165) is 51.1 Å². The summed E-state index contributed by atoms with van der Waals surface area (Å²) in [7, 11) is 0. The van der Waals surface area contributed by atoms with E-state index in [9.17, 15) is 4.79 Å². The number of rotatable bonds is 5. The van der Waals surface area contributed by atoms with E-state index in [2.05, 4.69) is 17.6 Å². The summed E-state index contributed by atoms with van der Waals surface area (Å²) in [5.74, 6) is 0.819. The molecule has 24 heavy (non-hydrogen) atoms. The Bertz CT molecular complexity index is 538. The maximum absolute atomic E-state index is 12.4. The van der Waals surface area contributed by atoms with Crippen LogP contribution in [0.4, 0.5) is 0 Å². The highest BCUT2D eigenvalue weighted by Crippen LogP contribution is 2.27. The molecule has 0 unspecified atom stereocenters. The zero-order valence-corrected chi connectivity index (χ0v) is 15.3. The van der Waals surface area contributed by atoms with E-state index < -0.39 is 0 Å². The van der Waals surface area contributed by atoms with Crippen molar-refractivity contribution < 1.29 is 9.53 Å². The average molecular weight is 353 g/mol. The van der Waals surface area contributed by atoms with Crippen LogP contribution in [-0.2, 0) is 0 Å². The highest BCUT2D eigenvalue weighted by Gasteiger charge is 2.27. The maximum Gasteiger partial charge on any atom is 0.251 e. The largest absolute Gasteiger partial charge is 0.490 e. The molecule has 1 amide bonds. The van der Waals surface area contributed by atoms with Gasteiger partial charge in [0.1, 0.15) is 5.75 Å². The molecule has 2 N–H and O–H groups in total. The highest BCUT2D eigenvalue weighted by molar-refractivity contribution is 5.94. The molecular formula is C19H29ClN2O2. The molecule has 1 aliphatic heterocycles. The van der Waals surface area contributed by atoms with Crippen molar-refractivity contribution >= 4 is 18.3 Å². The number of piperidine rings is 1. The lowest BCUT2D eigenvalue weighted by atomic mass is 9.81. The van der Waals surface area contributed by atoms with Crippen molar-refractivity contribution in [3.8, 4) is 5.75 Å². The van der Waals surface area contributed by atoms with Crippen molar-refractivity contribution in [2.45, 2.75) is 51.6 Å². The molecule has 0 radical (unpaired) electrons. The minimum atomic E-state index is 0. The number of nitrogens with one attached hydrogen (secondary N) is 2. The van der Waals surface area contributed by atoms with E-state index in [1.54, 1.807) is 0 Å². The zero-order chi connectivity index (χ0) is 16.1. The minimum absolute atomic E-state index is 0. The third-order valence-electron chi connectivity index (χ3n) is 5.19. The zero-order valence-electron chi connectivity index (χ0n) is 14.5. The van der Waals surface area contributed by atoms with Gasteiger partial charge < -0.3 is 15.4 Å². The second-order valence-corrected chi connectivity index (χ2v) is 7.30. The molecule has 1 saturated heterocycles. The Balaban J connectivity index is 0.00000208. The molecule has 1 aliphatic carbocycles. The lowest BCUT2D eigenvalue weighted by Gasteiger charge is -2.34. The van der Waals surface area contributed by atoms with Crippen molar-refractivity contribution in [1.29, 1.82) is 0 Å². The number of hydrogen-bond acceptors (Lipinski definition) is 3. The SMILES string of the molecule is CC1(CNC(=O)c2cccc(OC3CCCC3)c2)CCNCC1.Cl. The quantitative estimate of drug-likeness (QED) is 0.852. The third kappa shape index (κ3) is 5.12. The lowest BCUT2D eigenvalue weighted by Crippen LogP contribution is -2.42. The fraction of sp³-hybridized carbons (Fsp3) is 0.632. The van der Waals surface area contributed by atoms with Crippen LogP contribution in [0.3, 0.4) is 0 Å². The van der Waals surface area contributed by atoms with Gasteiger partial charge in [-0.1, -0.05) is 13.0 Å². The van der Waals surface area contributed by atoms with Crippen molar-refractivity contribution in [2.24, 2.45) is 5.41 Å². The van der Waals surface area contributed by atoms with Gasteiger partial charge >= 0.3 is 0 Å². The Hall–Kier alpha value is -1.26. The molecule has 134 valence electrons. The van der Waals surface area contributed by atoms with Crippen LogP contribution in [0.15, 0.2) is 24.3 Å². The van der Waals surface area contributed by atoms with Crippen LogP contribution in [0.25, 0.3) is 0 Å². The molecule has 0 atom stereocenters. The van der Waals surface area contributed by atoms with E-state index >= 15 is 0 Å². The van der Waals surface area contributed by atoms with Crippen LogP contribution in [0, 0.1) is 5.41 Å². The van der Waals surface area contributed by atoms with Gasteiger partial charge in [0.25, 0.3) is 5.91 Å². The number of benzene rings is 1. The Kier molecular flexibility index (Phi) is 6.93. The molecule has 5 heteroatoms. The summed E-state index contributed by atoms with van der Waals surface area (Å²) in [6.07, 6.45) is 7.29. The molecule has 1 heterocycles. The normalized spacial score (nSPS) is 20.2. The fourth-order valence-electron chi connectivity index (χ4n) is 3.51. The summed E-state index contributed by atoms with van der Waals surface area (Å²) >= 11 is 0. The summed E-state index contributed by atoms with van der Waals surface area (Å²) in [4.78, 5) is 12.4. The monoisotopic (exact) mass is 352 g/mol. The van der Waals surface area contributed by atoms with Crippen molar-refractivity contribution in [1.82, 2.24) is 10.6 Å². The van der Waals surface area contributed by atoms with E-state index in [4.69, 9.17) is 4.74 Å². The maximum atomic E-state index is 12.4. The average Bonchev–Trinajstić information content (AvgIpc) is 3.07. The van der Waals surface area contributed by atoms with Crippen molar-refractivity contribution in [3.63, 3.8) is 0 Å². The van der Waals surface area contributed by atoms with Crippen molar-refractivity contribution in [3.05, 3.63) is 29.8 Å². The first-order valence-electron chi connectivity index (χ1n) is 8.90. The van der Waals surface area contributed by atoms with Gasteiger partial charge in [-0.3, -0.25) is 4.79 Å². The van der Waals surface area contributed by atoms with E-state index in [0.29, 0.717) is 11.7 Å². The molecule has 3 rings (SSSR count). The van der Waals surface area contributed by atoms with Crippen LogP contribution >= 0.6 is 12.4 Å². The summed E-state index contributed by atoms with van der Waals surface area (Å²) in [6, 6.07) is 7.59. The molecule has 0 spiro atoms. The summed E-state index contributed by atoms with van der Waals surface area (Å²) in [5, 5.41) is 6.48. The topological polar surface area (TPSA) is 50.4 Å². The lowest BCUT2D eigenvalue weighted by molar-refractivity contribution is 0.0921. The van der Waals surface area contributed by atoms with Crippen LogP contribution in [0.1, 0.15) is 55.8 Å². The molecule has 0 aromatic heterocycles. The van der Waals surface area contributed by atoms with Crippen LogP contribution < -0.4 is 15.4 Å². The van der Waals surface area contributed by atoms with Crippen LogP contribution in [0.2, 0.25) is 0 Å². The minimum Gasteiger partial charge on any atom is -0.490 e. The van der Waals surface area contributed by atoms with Gasteiger partial charge in [-0.25, -0.2) is 0 Å².